The Bertz CT molecular complexity index is 363. The van der Waals surface area contributed by atoms with Gasteiger partial charge in [0.15, 0.2) is 0 Å². The summed E-state index contributed by atoms with van der Waals surface area (Å²) >= 11 is 0. The van der Waals surface area contributed by atoms with E-state index in [1.165, 1.54) is 25.7 Å². The Morgan fingerprint density at radius 1 is 1.10 bits per heavy atom. The van der Waals surface area contributed by atoms with Crippen LogP contribution in [0.3, 0.4) is 0 Å². The molecule has 0 N–H and O–H groups in total. The highest BCUT2D eigenvalue weighted by Crippen LogP contribution is 2.33. The summed E-state index contributed by atoms with van der Waals surface area (Å²) in [5.74, 6) is 1.48. The predicted octanol–water partition coefficient (Wildman–Crippen LogP) is 3.80. The number of isocyanates is 2. The van der Waals surface area contributed by atoms with E-state index in [2.05, 4.69) is 16.9 Å². The summed E-state index contributed by atoms with van der Waals surface area (Å²) in [7, 11) is 0. The minimum Gasteiger partial charge on any atom is -0.211 e. The Kier molecular flexibility index (Phi) is 8.10. The molecule has 0 amide bonds. The monoisotopic (exact) mass is 278 g/mol. The third-order valence-corrected chi connectivity index (χ3v) is 4.56. The van der Waals surface area contributed by atoms with E-state index in [-0.39, 0.29) is 12.1 Å². The van der Waals surface area contributed by atoms with Crippen molar-refractivity contribution < 1.29 is 9.59 Å². The molecule has 0 heterocycles. The second kappa shape index (κ2) is 9.63. The number of hydrogen-bond donors (Lipinski definition) is 0. The van der Waals surface area contributed by atoms with Crippen LogP contribution in [0.2, 0.25) is 0 Å². The molecule has 0 saturated heterocycles. The van der Waals surface area contributed by atoms with Crippen LogP contribution in [0.4, 0.5) is 0 Å². The second-order valence-electron chi connectivity index (χ2n) is 6.05. The number of hydrogen-bond acceptors (Lipinski definition) is 4. The highest BCUT2D eigenvalue weighted by atomic mass is 16.1. The van der Waals surface area contributed by atoms with Gasteiger partial charge in [-0.15, -0.1) is 0 Å². The molecule has 1 aliphatic carbocycles. The van der Waals surface area contributed by atoms with Gasteiger partial charge in [-0.2, -0.15) is 0 Å². The molecule has 1 saturated carbocycles. The van der Waals surface area contributed by atoms with Crippen molar-refractivity contribution in [2.45, 2.75) is 77.3 Å². The van der Waals surface area contributed by atoms with Gasteiger partial charge in [-0.25, -0.2) is 19.6 Å². The molecule has 0 aromatic carbocycles. The molecule has 20 heavy (non-hydrogen) atoms. The smallest absolute Gasteiger partial charge is 0.211 e. The van der Waals surface area contributed by atoms with E-state index in [9.17, 15) is 9.59 Å². The van der Waals surface area contributed by atoms with Gasteiger partial charge in [0, 0.05) is 0 Å². The first-order chi connectivity index (χ1) is 9.69. The largest absolute Gasteiger partial charge is 0.235 e. The van der Waals surface area contributed by atoms with Crippen molar-refractivity contribution in [3.63, 3.8) is 0 Å². The highest BCUT2D eigenvalue weighted by Gasteiger charge is 2.23. The van der Waals surface area contributed by atoms with Gasteiger partial charge in [-0.05, 0) is 63.7 Å². The van der Waals surface area contributed by atoms with E-state index in [1.807, 2.05) is 6.92 Å². The molecule has 2 unspecified atom stereocenters. The van der Waals surface area contributed by atoms with Crippen LogP contribution in [0, 0.1) is 11.8 Å². The first-order valence-electron chi connectivity index (χ1n) is 7.83. The van der Waals surface area contributed by atoms with Crippen molar-refractivity contribution in [1.29, 1.82) is 0 Å². The van der Waals surface area contributed by atoms with E-state index in [4.69, 9.17) is 0 Å². The first kappa shape index (κ1) is 16.8. The lowest BCUT2D eigenvalue weighted by Gasteiger charge is -2.28. The fourth-order valence-electron chi connectivity index (χ4n) is 3.18. The summed E-state index contributed by atoms with van der Waals surface area (Å²) in [5.41, 5.74) is 0. The summed E-state index contributed by atoms with van der Waals surface area (Å²) in [6, 6.07) is 0.310. The number of nitrogens with zero attached hydrogens (tertiary/aromatic N) is 2. The molecule has 0 radical (unpaired) electrons. The summed E-state index contributed by atoms with van der Waals surface area (Å²) in [4.78, 5) is 28.1. The minimum absolute atomic E-state index is 0.0965. The van der Waals surface area contributed by atoms with Crippen molar-refractivity contribution >= 4 is 12.2 Å². The highest BCUT2D eigenvalue weighted by molar-refractivity contribution is 5.33. The molecule has 2 atom stereocenters. The minimum atomic E-state index is 0.0965. The van der Waals surface area contributed by atoms with Crippen molar-refractivity contribution in [2.75, 3.05) is 0 Å². The maximum Gasteiger partial charge on any atom is 0.235 e. The molecule has 0 bridgehead atoms. The third kappa shape index (κ3) is 6.27. The van der Waals surface area contributed by atoms with Gasteiger partial charge < -0.3 is 0 Å². The van der Waals surface area contributed by atoms with Gasteiger partial charge in [0.1, 0.15) is 0 Å². The number of rotatable bonds is 8. The zero-order valence-corrected chi connectivity index (χ0v) is 12.7. The lowest BCUT2D eigenvalue weighted by molar-refractivity contribution is 0.255. The van der Waals surface area contributed by atoms with Gasteiger partial charge in [-0.3, -0.25) is 0 Å². The number of carbonyl (C=O) groups excluding carboxylic acids is 2. The van der Waals surface area contributed by atoms with Gasteiger partial charge in [0.05, 0.1) is 12.1 Å². The molecule has 0 aliphatic heterocycles. The average Bonchev–Trinajstić information content (AvgIpc) is 2.46. The van der Waals surface area contributed by atoms with Crippen LogP contribution in [-0.4, -0.2) is 24.2 Å². The maximum absolute atomic E-state index is 10.3. The summed E-state index contributed by atoms with van der Waals surface area (Å²) in [5, 5.41) is 0. The van der Waals surface area contributed by atoms with E-state index in [0.29, 0.717) is 0 Å². The SMILES string of the molecule is CCC(CCC(C)N=C=O)CC1CCC(N=C=O)CC1. The molecule has 1 fully saturated rings. The quantitative estimate of drug-likeness (QED) is 0.501. The Balaban J connectivity index is 2.30. The molecule has 1 aliphatic rings. The summed E-state index contributed by atoms with van der Waals surface area (Å²) in [6.07, 6.45) is 12.3. The van der Waals surface area contributed by atoms with Gasteiger partial charge in [-0.1, -0.05) is 13.3 Å². The van der Waals surface area contributed by atoms with Crippen LogP contribution in [0.1, 0.15) is 65.2 Å². The molecular formula is C16H26N2O2. The van der Waals surface area contributed by atoms with Crippen molar-refractivity contribution in [2.24, 2.45) is 21.8 Å². The Morgan fingerprint density at radius 2 is 1.80 bits per heavy atom. The van der Waals surface area contributed by atoms with Crippen LogP contribution < -0.4 is 0 Å². The number of aliphatic imine (C=N–C) groups is 2. The van der Waals surface area contributed by atoms with Gasteiger partial charge in [0.2, 0.25) is 12.2 Å². The van der Waals surface area contributed by atoms with E-state index in [0.717, 1.165) is 37.5 Å². The molecular weight excluding hydrogens is 252 g/mol. The van der Waals surface area contributed by atoms with Crippen LogP contribution in [0.25, 0.3) is 0 Å². The molecule has 0 aromatic heterocycles. The fourth-order valence-corrected chi connectivity index (χ4v) is 3.18. The lowest BCUT2D eigenvalue weighted by Crippen LogP contribution is -2.19. The molecule has 112 valence electrons. The van der Waals surface area contributed by atoms with E-state index < -0.39 is 0 Å². The van der Waals surface area contributed by atoms with E-state index >= 15 is 0 Å². The third-order valence-electron chi connectivity index (χ3n) is 4.56. The molecule has 0 spiro atoms. The molecule has 1 rings (SSSR count). The summed E-state index contributed by atoms with van der Waals surface area (Å²) < 4.78 is 0. The standard InChI is InChI=1S/C16H26N2O2/c1-3-14(5-4-13(2)17-11-19)10-15-6-8-16(9-7-15)18-12-20/h13-16H,3-10H2,1-2H3. The Morgan fingerprint density at radius 3 is 2.35 bits per heavy atom. The van der Waals surface area contributed by atoms with Crippen LogP contribution >= 0.6 is 0 Å². The van der Waals surface area contributed by atoms with Crippen molar-refractivity contribution in [1.82, 2.24) is 0 Å². The Labute approximate surface area is 121 Å². The zero-order valence-electron chi connectivity index (χ0n) is 12.7. The maximum atomic E-state index is 10.3. The molecule has 4 heteroatoms. The Hall–Kier alpha value is -1.24. The second-order valence-corrected chi connectivity index (χ2v) is 6.05. The van der Waals surface area contributed by atoms with Crippen LogP contribution in [0.5, 0.6) is 0 Å². The van der Waals surface area contributed by atoms with Crippen molar-refractivity contribution in [3.8, 4) is 0 Å². The average molecular weight is 278 g/mol. The fraction of sp³-hybridized carbons (Fsp3) is 0.875. The normalized spacial score (nSPS) is 25.1. The van der Waals surface area contributed by atoms with Gasteiger partial charge in [0.25, 0.3) is 0 Å². The van der Waals surface area contributed by atoms with Crippen molar-refractivity contribution in [3.05, 3.63) is 0 Å². The topological polar surface area (TPSA) is 58.9 Å². The predicted molar refractivity (Wildman–Crippen MR) is 79.1 cm³/mol. The van der Waals surface area contributed by atoms with Gasteiger partial charge >= 0.3 is 0 Å². The molecule has 4 nitrogen and oxygen atoms in total. The molecule has 0 aromatic rings. The summed E-state index contributed by atoms with van der Waals surface area (Å²) in [6.45, 7) is 4.21. The first-order valence-corrected chi connectivity index (χ1v) is 7.83. The van der Waals surface area contributed by atoms with Crippen LogP contribution in [-0.2, 0) is 9.59 Å². The zero-order chi connectivity index (χ0) is 14.8. The van der Waals surface area contributed by atoms with E-state index in [1.54, 1.807) is 12.2 Å². The van der Waals surface area contributed by atoms with Crippen LogP contribution in [0.15, 0.2) is 9.98 Å². The lowest BCUT2D eigenvalue weighted by atomic mass is 9.79.